The Kier molecular flexibility index (Phi) is 11.2. The van der Waals surface area contributed by atoms with Crippen molar-refractivity contribution >= 4 is 5.97 Å². The number of hydrogen-bond donors (Lipinski definition) is 1. The summed E-state index contributed by atoms with van der Waals surface area (Å²) in [5.74, 6) is -0.107. The lowest BCUT2D eigenvalue weighted by molar-refractivity contribution is -0.131. The van der Waals surface area contributed by atoms with Crippen molar-refractivity contribution in [2.45, 2.75) is 66.7 Å². The standard InChI is InChI=1S/C20H32O2/c1-16(2)9-6-10-17(3)11-7-12-18(4)13-8-14-19(5)15-20(21)22/h8,11,13-16H,6-7,9-10,12H2,1-5H3,(H,21,22). The fourth-order valence-electron chi connectivity index (χ4n) is 2.13. The molecule has 0 bridgehead atoms. The third-order valence-corrected chi connectivity index (χ3v) is 3.48. The second kappa shape index (κ2) is 12.0. The molecule has 0 saturated carbocycles. The minimum absolute atomic E-state index is 0.748. The first-order valence-corrected chi connectivity index (χ1v) is 8.22. The first-order valence-electron chi connectivity index (χ1n) is 8.22. The lowest BCUT2D eigenvalue weighted by Gasteiger charge is -2.05. The zero-order valence-electron chi connectivity index (χ0n) is 14.9. The van der Waals surface area contributed by atoms with Gasteiger partial charge in [0, 0.05) is 6.08 Å². The molecule has 0 saturated heterocycles. The molecule has 2 heteroatoms. The number of rotatable bonds is 10. The fourth-order valence-corrected chi connectivity index (χ4v) is 2.13. The lowest BCUT2D eigenvalue weighted by atomic mass is 10.0. The molecule has 0 aliphatic heterocycles. The summed E-state index contributed by atoms with van der Waals surface area (Å²) >= 11 is 0. The van der Waals surface area contributed by atoms with Crippen molar-refractivity contribution in [1.82, 2.24) is 0 Å². The Balaban J connectivity index is 4.11. The first-order chi connectivity index (χ1) is 10.3. The number of aliphatic carboxylic acids is 1. The second-order valence-corrected chi connectivity index (χ2v) is 6.47. The fraction of sp³-hybridized carbons (Fsp3) is 0.550. The van der Waals surface area contributed by atoms with Crippen molar-refractivity contribution in [3.8, 4) is 0 Å². The average Bonchev–Trinajstić information content (AvgIpc) is 2.37. The van der Waals surface area contributed by atoms with Crippen LogP contribution in [0.4, 0.5) is 0 Å². The molecule has 1 N–H and O–H groups in total. The molecule has 2 nitrogen and oxygen atoms in total. The van der Waals surface area contributed by atoms with Crippen LogP contribution in [0.2, 0.25) is 0 Å². The zero-order valence-corrected chi connectivity index (χ0v) is 14.9. The van der Waals surface area contributed by atoms with E-state index in [0.29, 0.717) is 0 Å². The van der Waals surface area contributed by atoms with Gasteiger partial charge in [-0.05, 0) is 57.9 Å². The van der Waals surface area contributed by atoms with E-state index in [9.17, 15) is 4.79 Å². The van der Waals surface area contributed by atoms with Crippen molar-refractivity contribution < 1.29 is 9.90 Å². The number of carboxylic acid groups (broad SMARTS) is 1. The van der Waals surface area contributed by atoms with E-state index in [1.54, 1.807) is 6.92 Å². The summed E-state index contributed by atoms with van der Waals surface area (Å²) in [7, 11) is 0. The highest BCUT2D eigenvalue weighted by Crippen LogP contribution is 2.14. The molecule has 0 rings (SSSR count). The molecule has 0 aromatic rings. The van der Waals surface area contributed by atoms with Crippen LogP contribution >= 0.6 is 0 Å². The summed E-state index contributed by atoms with van der Waals surface area (Å²) in [6.07, 6.45) is 15.3. The Hall–Kier alpha value is -1.57. The van der Waals surface area contributed by atoms with Crippen LogP contribution in [0.25, 0.3) is 0 Å². The highest BCUT2D eigenvalue weighted by molar-refractivity contribution is 5.81. The van der Waals surface area contributed by atoms with Crippen molar-refractivity contribution in [2.24, 2.45) is 5.92 Å². The molecule has 0 unspecified atom stereocenters. The van der Waals surface area contributed by atoms with E-state index in [1.807, 2.05) is 12.2 Å². The van der Waals surface area contributed by atoms with E-state index < -0.39 is 5.97 Å². The summed E-state index contributed by atoms with van der Waals surface area (Å²) in [4.78, 5) is 10.5. The van der Waals surface area contributed by atoms with Crippen LogP contribution in [0.15, 0.2) is 47.1 Å². The maximum atomic E-state index is 10.5. The van der Waals surface area contributed by atoms with E-state index in [0.717, 1.165) is 24.3 Å². The molecular weight excluding hydrogens is 272 g/mol. The Labute approximate surface area is 136 Å². The predicted molar refractivity (Wildman–Crippen MR) is 96.0 cm³/mol. The van der Waals surface area contributed by atoms with Gasteiger partial charge in [-0.2, -0.15) is 0 Å². The maximum absolute atomic E-state index is 10.5. The lowest BCUT2D eigenvalue weighted by Crippen LogP contribution is -1.88. The Morgan fingerprint density at radius 2 is 1.77 bits per heavy atom. The summed E-state index contributed by atoms with van der Waals surface area (Å²) in [5.41, 5.74) is 3.55. The van der Waals surface area contributed by atoms with Gasteiger partial charge < -0.3 is 5.11 Å². The van der Waals surface area contributed by atoms with Gasteiger partial charge in [-0.1, -0.05) is 55.7 Å². The summed E-state index contributed by atoms with van der Waals surface area (Å²) in [6.45, 7) is 10.7. The molecular formula is C20H32O2. The molecule has 0 aliphatic carbocycles. The number of carboxylic acids is 1. The normalized spacial score (nSPS) is 14.2. The Morgan fingerprint density at radius 1 is 1.09 bits per heavy atom. The Bertz CT molecular complexity index is 448. The molecule has 0 amide bonds. The quantitative estimate of drug-likeness (QED) is 0.302. The van der Waals surface area contributed by atoms with Crippen LogP contribution in [0.3, 0.4) is 0 Å². The highest BCUT2D eigenvalue weighted by atomic mass is 16.4. The largest absolute Gasteiger partial charge is 0.478 e. The van der Waals surface area contributed by atoms with Gasteiger partial charge in [0.25, 0.3) is 0 Å². The first kappa shape index (κ1) is 20.4. The van der Waals surface area contributed by atoms with Gasteiger partial charge in [0.1, 0.15) is 0 Å². The summed E-state index contributed by atoms with van der Waals surface area (Å²) in [5, 5.41) is 8.62. The number of hydrogen-bond acceptors (Lipinski definition) is 1. The zero-order chi connectivity index (χ0) is 17.0. The van der Waals surface area contributed by atoms with Crippen LogP contribution in [-0.2, 0) is 4.79 Å². The van der Waals surface area contributed by atoms with E-state index in [2.05, 4.69) is 39.8 Å². The molecule has 124 valence electrons. The monoisotopic (exact) mass is 304 g/mol. The van der Waals surface area contributed by atoms with Crippen molar-refractivity contribution in [1.29, 1.82) is 0 Å². The van der Waals surface area contributed by atoms with Gasteiger partial charge in [-0.15, -0.1) is 0 Å². The minimum Gasteiger partial charge on any atom is -0.478 e. The van der Waals surface area contributed by atoms with Crippen LogP contribution < -0.4 is 0 Å². The molecule has 0 aliphatic rings. The van der Waals surface area contributed by atoms with Gasteiger partial charge in [0.2, 0.25) is 0 Å². The van der Waals surface area contributed by atoms with E-state index in [1.165, 1.54) is 36.5 Å². The van der Waals surface area contributed by atoms with Crippen LogP contribution in [0.5, 0.6) is 0 Å². The van der Waals surface area contributed by atoms with Crippen molar-refractivity contribution in [2.75, 3.05) is 0 Å². The molecule has 0 spiro atoms. The summed E-state index contributed by atoms with van der Waals surface area (Å²) in [6, 6.07) is 0. The average molecular weight is 304 g/mol. The van der Waals surface area contributed by atoms with Gasteiger partial charge in [-0.25, -0.2) is 4.79 Å². The second-order valence-electron chi connectivity index (χ2n) is 6.47. The van der Waals surface area contributed by atoms with Gasteiger partial charge in [0.05, 0.1) is 0 Å². The molecule has 0 atom stereocenters. The third kappa shape index (κ3) is 13.4. The van der Waals surface area contributed by atoms with E-state index in [4.69, 9.17) is 5.11 Å². The SMILES string of the molecule is CC(C=CC=C(C)CCC=C(C)CCCC(C)C)=CC(=O)O. The van der Waals surface area contributed by atoms with Gasteiger partial charge in [-0.3, -0.25) is 0 Å². The molecule has 0 radical (unpaired) electrons. The molecule has 22 heavy (non-hydrogen) atoms. The predicted octanol–water partition coefficient (Wildman–Crippen LogP) is 6.07. The molecule has 0 heterocycles. The molecule has 0 fully saturated rings. The van der Waals surface area contributed by atoms with Gasteiger partial charge >= 0.3 is 5.97 Å². The van der Waals surface area contributed by atoms with Crippen LogP contribution in [-0.4, -0.2) is 11.1 Å². The number of carbonyl (C=O) groups is 1. The summed E-state index contributed by atoms with van der Waals surface area (Å²) < 4.78 is 0. The van der Waals surface area contributed by atoms with Crippen LogP contribution in [0.1, 0.15) is 66.7 Å². The highest BCUT2D eigenvalue weighted by Gasteiger charge is 1.95. The number of allylic oxidation sites excluding steroid dienone is 7. The van der Waals surface area contributed by atoms with Crippen molar-refractivity contribution in [3.63, 3.8) is 0 Å². The minimum atomic E-state index is -0.902. The topological polar surface area (TPSA) is 37.3 Å². The van der Waals surface area contributed by atoms with Crippen LogP contribution in [0, 0.1) is 5.92 Å². The van der Waals surface area contributed by atoms with E-state index in [-0.39, 0.29) is 0 Å². The smallest absolute Gasteiger partial charge is 0.328 e. The molecule has 0 aromatic carbocycles. The van der Waals surface area contributed by atoms with Gasteiger partial charge in [0.15, 0.2) is 0 Å². The maximum Gasteiger partial charge on any atom is 0.328 e. The molecule has 0 aromatic heterocycles. The van der Waals surface area contributed by atoms with E-state index >= 15 is 0 Å². The third-order valence-electron chi connectivity index (χ3n) is 3.48. The van der Waals surface area contributed by atoms with Crippen molar-refractivity contribution in [3.05, 3.63) is 47.1 Å². The Morgan fingerprint density at radius 3 is 2.36 bits per heavy atom.